The molecule has 1 aromatic heterocycles. The Kier molecular flexibility index (Phi) is 3.93. The molecule has 1 aromatic rings. The number of thiazole rings is 1. The van der Waals surface area contributed by atoms with Crippen LogP contribution in [0.4, 0.5) is 5.13 Å². The highest BCUT2D eigenvalue weighted by atomic mass is 32.1. The fraction of sp³-hybridized carbons (Fsp3) is 0.444. The molecule has 1 amide bonds. The molecule has 0 aliphatic rings. The largest absolute Gasteiger partial charge is 0.330 e. The molecule has 0 unspecified atom stereocenters. The van der Waals surface area contributed by atoms with Crippen molar-refractivity contribution in [1.82, 2.24) is 4.98 Å². The van der Waals surface area contributed by atoms with Crippen molar-refractivity contribution in [2.75, 3.05) is 11.9 Å². The van der Waals surface area contributed by atoms with Gasteiger partial charge in [-0.05, 0) is 0 Å². The Balaban J connectivity index is 2.65. The maximum Gasteiger partial charge on any atom is 0.230 e. The number of nitrogens with zero attached hydrogens (tertiary/aromatic N) is 1. The van der Waals surface area contributed by atoms with Crippen molar-refractivity contribution in [2.45, 2.75) is 13.8 Å². The van der Waals surface area contributed by atoms with E-state index in [0.717, 1.165) is 0 Å². The van der Waals surface area contributed by atoms with Gasteiger partial charge in [0.1, 0.15) is 5.69 Å². The van der Waals surface area contributed by atoms with Crippen LogP contribution < -0.4 is 11.1 Å². The second kappa shape index (κ2) is 4.99. The van der Waals surface area contributed by atoms with Crippen LogP contribution in [0.25, 0.3) is 0 Å². The van der Waals surface area contributed by atoms with E-state index in [1.54, 1.807) is 12.3 Å². The fourth-order valence-corrected chi connectivity index (χ4v) is 1.58. The van der Waals surface area contributed by atoms with Crippen molar-refractivity contribution >= 4 is 28.2 Å². The van der Waals surface area contributed by atoms with Crippen molar-refractivity contribution in [3.63, 3.8) is 0 Å². The Morgan fingerprint density at radius 3 is 2.80 bits per heavy atom. The van der Waals surface area contributed by atoms with Crippen molar-refractivity contribution in [3.8, 4) is 0 Å². The van der Waals surface area contributed by atoms with Crippen molar-refractivity contribution in [2.24, 2.45) is 11.7 Å². The van der Waals surface area contributed by atoms with E-state index in [4.69, 9.17) is 5.73 Å². The summed E-state index contributed by atoms with van der Waals surface area (Å²) in [7, 11) is 0. The molecule has 0 fully saturated rings. The third-order valence-corrected chi connectivity index (χ3v) is 2.65. The summed E-state index contributed by atoms with van der Waals surface area (Å²) in [5.41, 5.74) is 5.72. The first-order valence-corrected chi connectivity index (χ1v) is 5.40. The Hall–Kier alpha value is -1.27. The van der Waals surface area contributed by atoms with Crippen LogP contribution in [0.2, 0.25) is 0 Å². The Morgan fingerprint density at radius 1 is 1.67 bits per heavy atom. The van der Waals surface area contributed by atoms with E-state index in [1.165, 1.54) is 18.3 Å². The number of nitrogens with one attached hydrogen (secondary N) is 1. The van der Waals surface area contributed by atoms with E-state index >= 15 is 0 Å². The molecule has 6 heteroatoms. The topological polar surface area (TPSA) is 85.1 Å². The van der Waals surface area contributed by atoms with Crippen LogP contribution in [0.5, 0.6) is 0 Å². The van der Waals surface area contributed by atoms with Crippen LogP contribution in [0.3, 0.4) is 0 Å². The molecule has 0 saturated heterocycles. The summed E-state index contributed by atoms with van der Waals surface area (Å²) < 4.78 is 0. The molecule has 15 heavy (non-hydrogen) atoms. The minimum atomic E-state index is -0.255. The van der Waals surface area contributed by atoms with Gasteiger partial charge in [-0.1, -0.05) is 6.92 Å². The van der Waals surface area contributed by atoms with Gasteiger partial charge in [0.15, 0.2) is 10.9 Å². The zero-order valence-corrected chi connectivity index (χ0v) is 9.43. The summed E-state index contributed by atoms with van der Waals surface area (Å²) in [4.78, 5) is 26.3. The molecule has 1 heterocycles. The summed E-state index contributed by atoms with van der Waals surface area (Å²) in [6.07, 6.45) is 0. The van der Waals surface area contributed by atoms with Gasteiger partial charge in [0.25, 0.3) is 0 Å². The van der Waals surface area contributed by atoms with E-state index < -0.39 is 0 Å². The van der Waals surface area contributed by atoms with Gasteiger partial charge in [-0.25, -0.2) is 4.98 Å². The molecule has 0 bridgehead atoms. The molecule has 0 spiro atoms. The van der Waals surface area contributed by atoms with Crippen LogP contribution in [-0.4, -0.2) is 23.2 Å². The highest BCUT2D eigenvalue weighted by molar-refractivity contribution is 7.14. The number of Topliss-reactive ketones (excluding diaryl/α,β-unsaturated/α-hetero) is 1. The molecule has 82 valence electrons. The smallest absolute Gasteiger partial charge is 0.230 e. The van der Waals surface area contributed by atoms with Gasteiger partial charge in [-0.3, -0.25) is 9.59 Å². The molecule has 1 atom stereocenters. The van der Waals surface area contributed by atoms with E-state index in [9.17, 15) is 9.59 Å². The maximum absolute atomic E-state index is 11.4. The minimum Gasteiger partial charge on any atom is -0.330 e. The summed E-state index contributed by atoms with van der Waals surface area (Å²) in [5, 5.41) is 4.66. The van der Waals surface area contributed by atoms with Crippen LogP contribution in [0, 0.1) is 5.92 Å². The van der Waals surface area contributed by atoms with E-state index in [-0.39, 0.29) is 24.2 Å². The Labute approximate surface area is 91.7 Å². The first-order valence-electron chi connectivity index (χ1n) is 4.52. The van der Waals surface area contributed by atoms with Crippen LogP contribution in [0.15, 0.2) is 5.38 Å². The number of carbonyl (C=O) groups excluding carboxylic acids is 2. The molecule has 0 saturated carbocycles. The predicted octanol–water partition coefficient (Wildman–Crippen LogP) is 0.879. The van der Waals surface area contributed by atoms with Gasteiger partial charge in [0, 0.05) is 24.8 Å². The lowest BCUT2D eigenvalue weighted by Crippen LogP contribution is -2.26. The SMILES string of the molecule is CC(=O)c1csc(NC(=O)[C@H](C)CN)n1. The number of carbonyl (C=O) groups is 2. The van der Waals surface area contributed by atoms with Gasteiger partial charge in [0.2, 0.25) is 5.91 Å². The lowest BCUT2D eigenvalue weighted by molar-refractivity contribution is -0.119. The molecule has 5 nitrogen and oxygen atoms in total. The van der Waals surface area contributed by atoms with Gasteiger partial charge in [-0.2, -0.15) is 0 Å². The van der Waals surface area contributed by atoms with Crippen LogP contribution in [0.1, 0.15) is 24.3 Å². The number of anilines is 1. The molecule has 3 N–H and O–H groups in total. The zero-order chi connectivity index (χ0) is 11.4. The Morgan fingerprint density at radius 2 is 2.33 bits per heavy atom. The quantitative estimate of drug-likeness (QED) is 0.748. The summed E-state index contributed by atoms with van der Waals surface area (Å²) in [5.74, 6) is -0.546. The number of hydrogen-bond donors (Lipinski definition) is 2. The predicted molar refractivity (Wildman–Crippen MR) is 59.0 cm³/mol. The molecular weight excluding hydrogens is 214 g/mol. The molecule has 0 aliphatic carbocycles. The number of amides is 1. The molecule has 0 aliphatic heterocycles. The fourth-order valence-electron chi connectivity index (χ4n) is 0.828. The number of aromatic nitrogens is 1. The monoisotopic (exact) mass is 227 g/mol. The first kappa shape index (κ1) is 11.8. The summed E-state index contributed by atoms with van der Waals surface area (Å²) >= 11 is 1.23. The van der Waals surface area contributed by atoms with Gasteiger partial charge < -0.3 is 11.1 Å². The van der Waals surface area contributed by atoms with Crippen molar-refractivity contribution < 1.29 is 9.59 Å². The molecule has 0 aromatic carbocycles. The standard InChI is InChI=1S/C9H13N3O2S/c1-5(3-10)8(14)12-9-11-7(4-15-9)6(2)13/h4-5H,3,10H2,1-2H3,(H,11,12,14)/t5-/m1/s1. The summed E-state index contributed by atoms with van der Waals surface area (Å²) in [6, 6.07) is 0. The molecule has 0 radical (unpaired) electrons. The second-order valence-electron chi connectivity index (χ2n) is 3.22. The highest BCUT2D eigenvalue weighted by Gasteiger charge is 2.13. The van der Waals surface area contributed by atoms with Crippen molar-refractivity contribution in [3.05, 3.63) is 11.1 Å². The lowest BCUT2D eigenvalue weighted by Gasteiger charge is -2.06. The number of nitrogens with two attached hydrogens (primary N) is 1. The van der Waals surface area contributed by atoms with Crippen LogP contribution in [-0.2, 0) is 4.79 Å². The normalized spacial score (nSPS) is 12.2. The lowest BCUT2D eigenvalue weighted by atomic mass is 10.2. The van der Waals surface area contributed by atoms with Gasteiger partial charge in [0.05, 0.1) is 0 Å². The van der Waals surface area contributed by atoms with E-state index in [0.29, 0.717) is 10.8 Å². The second-order valence-corrected chi connectivity index (χ2v) is 4.08. The number of rotatable bonds is 4. The highest BCUT2D eigenvalue weighted by Crippen LogP contribution is 2.16. The minimum absolute atomic E-state index is 0.112. The maximum atomic E-state index is 11.4. The van der Waals surface area contributed by atoms with E-state index in [1.807, 2.05) is 0 Å². The van der Waals surface area contributed by atoms with Crippen LogP contribution >= 0.6 is 11.3 Å². The zero-order valence-electron chi connectivity index (χ0n) is 8.61. The average molecular weight is 227 g/mol. The number of ketones is 1. The summed E-state index contributed by atoms with van der Waals surface area (Å²) in [6.45, 7) is 3.45. The first-order chi connectivity index (χ1) is 7.04. The van der Waals surface area contributed by atoms with Gasteiger partial charge >= 0.3 is 0 Å². The Bertz CT molecular complexity index is 375. The van der Waals surface area contributed by atoms with E-state index in [2.05, 4.69) is 10.3 Å². The van der Waals surface area contributed by atoms with Crippen molar-refractivity contribution in [1.29, 1.82) is 0 Å². The average Bonchev–Trinajstić information content (AvgIpc) is 2.65. The molecular formula is C9H13N3O2S. The number of hydrogen-bond acceptors (Lipinski definition) is 5. The third-order valence-electron chi connectivity index (χ3n) is 1.90. The molecule has 1 rings (SSSR count). The van der Waals surface area contributed by atoms with Gasteiger partial charge in [-0.15, -0.1) is 11.3 Å². The third kappa shape index (κ3) is 3.10.